The van der Waals surface area contributed by atoms with Gasteiger partial charge in [0, 0.05) is 12.8 Å². The van der Waals surface area contributed by atoms with Crippen molar-refractivity contribution in [2.24, 2.45) is 0 Å². The second kappa shape index (κ2) is 7.04. The van der Waals surface area contributed by atoms with Crippen molar-refractivity contribution in [3.8, 4) is 0 Å². The summed E-state index contributed by atoms with van der Waals surface area (Å²) in [5, 5.41) is 0. The minimum absolute atomic E-state index is 0.0320. The van der Waals surface area contributed by atoms with E-state index in [4.69, 9.17) is 16.3 Å². The first kappa shape index (κ1) is 13.7. The Morgan fingerprint density at radius 1 is 1.29 bits per heavy atom. The average molecular weight is 256 g/mol. The number of para-hydroxylation sites is 1. The largest absolute Gasteiger partial charge is 0.375 e. The molecule has 0 atom stereocenters. The molecule has 0 fully saturated rings. The van der Waals surface area contributed by atoms with Crippen molar-refractivity contribution in [1.82, 2.24) is 0 Å². The van der Waals surface area contributed by atoms with E-state index in [9.17, 15) is 9.59 Å². The lowest BCUT2D eigenvalue weighted by molar-refractivity contribution is -0.124. The molecule has 0 saturated carbocycles. The smallest absolute Gasteiger partial charge is 0.253 e. The number of benzene rings is 1. The van der Waals surface area contributed by atoms with E-state index in [-0.39, 0.29) is 30.7 Å². The number of ether oxygens (including phenoxy) is 1. The molecule has 0 aliphatic carbocycles. The quantitative estimate of drug-likeness (QED) is 0.724. The van der Waals surface area contributed by atoms with E-state index in [0.29, 0.717) is 5.69 Å². The molecule has 1 rings (SSSR count). The molecule has 1 aromatic rings. The number of ketones is 1. The number of carbonyl (C=O) groups is 2. The second-order valence-electron chi connectivity index (χ2n) is 3.42. The van der Waals surface area contributed by atoms with Crippen LogP contribution in [0.4, 0.5) is 5.69 Å². The first-order chi connectivity index (χ1) is 8.19. The summed E-state index contributed by atoms with van der Waals surface area (Å²) < 4.78 is 4.79. The number of anilines is 1. The Morgan fingerprint density at radius 3 is 2.47 bits per heavy atom. The molecule has 0 aliphatic heterocycles. The topological polar surface area (TPSA) is 46.6 Å². The molecule has 4 nitrogen and oxygen atoms in total. The van der Waals surface area contributed by atoms with E-state index in [1.54, 1.807) is 24.3 Å². The Morgan fingerprint density at radius 2 is 1.94 bits per heavy atom. The number of hydrogen-bond acceptors (Lipinski definition) is 3. The van der Waals surface area contributed by atoms with Gasteiger partial charge >= 0.3 is 0 Å². The summed E-state index contributed by atoms with van der Waals surface area (Å²) >= 11 is 5.45. The molecule has 5 heteroatoms. The lowest BCUT2D eigenvalue weighted by Gasteiger charge is -2.21. The fourth-order valence-electron chi connectivity index (χ4n) is 1.35. The van der Waals surface area contributed by atoms with Crippen LogP contribution in [0.5, 0.6) is 0 Å². The zero-order valence-electron chi connectivity index (χ0n) is 9.56. The van der Waals surface area contributed by atoms with Crippen LogP contribution >= 0.6 is 11.6 Å². The predicted octanol–water partition coefficient (Wildman–Crippen LogP) is 1.47. The molecule has 0 heterocycles. The average Bonchev–Trinajstić information content (AvgIpc) is 2.36. The van der Waals surface area contributed by atoms with Crippen LogP contribution in [0.25, 0.3) is 0 Å². The molecular weight excluding hydrogens is 242 g/mol. The van der Waals surface area contributed by atoms with Gasteiger partial charge in [0.15, 0.2) is 5.78 Å². The number of alkyl halides is 1. The van der Waals surface area contributed by atoms with Crippen molar-refractivity contribution in [3.63, 3.8) is 0 Å². The molecule has 92 valence electrons. The lowest BCUT2D eigenvalue weighted by atomic mass is 10.2. The molecule has 17 heavy (non-hydrogen) atoms. The second-order valence-corrected chi connectivity index (χ2v) is 3.69. The number of hydrogen-bond donors (Lipinski definition) is 0. The normalized spacial score (nSPS) is 10.0. The van der Waals surface area contributed by atoms with Gasteiger partial charge in [-0.2, -0.15) is 0 Å². The Hall–Kier alpha value is -1.39. The molecule has 0 aromatic heterocycles. The fourth-order valence-corrected chi connectivity index (χ4v) is 1.44. The SMILES string of the molecule is COCC(=O)N(CC(=O)CCl)c1ccccc1. The summed E-state index contributed by atoms with van der Waals surface area (Å²) in [5.74, 6) is -0.582. The molecule has 0 aliphatic rings. The third-order valence-corrected chi connectivity index (χ3v) is 2.42. The van der Waals surface area contributed by atoms with Crippen LogP contribution < -0.4 is 4.90 Å². The van der Waals surface area contributed by atoms with E-state index >= 15 is 0 Å². The van der Waals surface area contributed by atoms with Crippen molar-refractivity contribution in [1.29, 1.82) is 0 Å². The van der Waals surface area contributed by atoms with Crippen LogP contribution in [0.2, 0.25) is 0 Å². The first-order valence-electron chi connectivity index (χ1n) is 5.11. The molecule has 0 spiro atoms. The fraction of sp³-hybridized carbons (Fsp3) is 0.333. The van der Waals surface area contributed by atoms with Gasteiger partial charge in [0.05, 0.1) is 12.4 Å². The maximum Gasteiger partial charge on any atom is 0.253 e. The van der Waals surface area contributed by atoms with Gasteiger partial charge in [-0.05, 0) is 12.1 Å². The Kier molecular flexibility index (Phi) is 5.66. The van der Waals surface area contributed by atoms with Gasteiger partial charge in [0.2, 0.25) is 0 Å². The third kappa shape index (κ3) is 4.17. The number of carbonyl (C=O) groups excluding carboxylic acids is 2. The number of halogens is 1. The van der Waals surface area contributed by atoms with Crippen molar-refractivity contribution in [2.45, 2.75) is 0 Å². The molecule has 0 unspecified atom stereocenters. The predicted molar refractivity (Wildman–Crippen MR) is 66.4 cm³/mol. The highest BCUT2D eigenvalue weighted by Gasteiger charge is 2.17. The summed E-state index contributed by atoms with van der Waals surface area (Å²) in [5.41, 5.74) is 0.660. The maximum atomic E-state index is 11.8. The van der Waals surface area contributed by atoms with Gasteiger partial charge in [-0.1, -0.05) is 18.2 Å². The summed E-state index contributed by atoms with van der Waals surface area (Å²) in [6.45, 7) is -0.0971. The van der Waals surface area contributed by atoms with Crippen LogP contribution in [-0.2, 0) is 14.3 Å². The summed E-state index contributed by atoms with van der Waals surface area (Å²) in [6.07, 6.45) is 0. The van der Waals surface area contributed by atoms with E-state index in [1.807, 2.05) is 6.07 Å². The van der Waals surface area contributed by atoms with Gasteiger partial charge in [-0.3, -0.25) is 9.59 Å². The maximum absolute atomic E-state index is 11.8. The van der Waals surface area contributed by atoms with Crippen LogP contribution in [-0.4, -0.2) is 37.8 Å². The van der Waals surface area contributed by atoms with Crippen LogP contribution in [0.1, 0.15) is 0 Å². The van der Waals surface area contributed by atoms with E-state index in [2.05, 4.69) is 0 Å². The van der Waals surface area contributed by atoms with E-state index in [0.717, 1.165) is 0 Å². The Labute approximate surface area is 105 Å². The number of methoxy groups -OCH3 is 1. The van der Waals surface area contributed by atoms with Gasteiger partial charge < -0.3 is 9.64 Å². The zero-order valence-corrected chi connectivity index (χ0v) is 10.3. The molecule has 0 N–H and O–H groups in total. The monoisotopic (exact) mass is 255 g/mol. The van der Waals surface area contributed by atoms with Crippen molar-refractivity contribution >= 4 is 29.0 Å². The molecule has 1 amide bonds. The molecule has 0 saturated heterocycles. The highest BCUT2D eigenvalue weighted by Crippen LogP contribution is 2.13. The molecular formula is C12H14ClNO3. The van der Waals surface area contributed by atoms with Crippen molar-refractivity contribution in [3.05, 3.63) is 30.3 Å². The van der Waals surface area contributed by atoms with Gasteiger partial charge in [-0.25, -0.2) is 0 Å². The highest BCUT2D eigenvalue weighted by molar-refractivity contribution is 6.28. The first-order valence-corrected chi connectivity index (χ1v) is 5.64. The third-order valence-electron chi connectivity index (χ3n) is 2.12. The standard InChI is InChI=1S/C12H14ClNO3/c1-17-9-12(16)14(8-11(15)7-13)10-5-3-2-4-6-10/h2-6H,7-9H2,1H3. The van der Waals surface area contributed by atoms with Crippen LogP contribution in [0.3, 0.4) is 0 Å². The van der Waals surface area contributed by atoms with Gasteiger partial charge in [0.25, 0.3) is 5.91 Å². The van der Waals surface area contributed by atoms with E-state index < -0.39 is 0 Å². The number of Topliss-reactive ketones (excluding diaryl/α,β-unsaturated/α-hetero) is 1. The summed E-state index contributed by atoms with van der Waals surface area (Å²) in [6, 6.07) is 8.96. The number of nitrogens with zero attached hydrogens (tertiary/aromatic N) is 1. The summed E-state index contributed by atoms with van der Waals surface area (Å²) in [7, 11) is 1.43. The van der Waals surface area contributed by atoms with Gasteiger partial charge in [0.1, 0.15) is 6.61 Å². The van der Waals surface area contributed by atoms with Crippen LogP contribution in [0, 0.1) is 0 Å². The van der Waals surface area contributed by atoms with Crippen molar-refractivity contribution < 1.29 is 14.3 Å². The highest BCUT2D eigenvalue weighted by atomic mass is 35.5. The van der Waals surface area contributed by atoms with Crippen LogP contribution in [0.15, 0.2) is 30.3 Å². The summed E-state index contributed by atoms with van der Waals surface area (Å²) in [4.78, 5) is 24.5. The van der Waals surface area contributed by atoms with Crippen molar-refractivity contribution in [2.75, 3.05) is 31.0 Å². The molecule has 0 bridgehead atoms. The lowest BCUT2D eigenvalue weighted by Crippen LogP contribution is -2.38. The molecule has 0 radical (unpaired) electrons. The number of amides is 1. The Bertz CT molecular complexity index is 381. The van der Waals surface area contributed by atoms with E-state index in [1.165, 1.54) is 12.0 Å². The zero-order chi connectivity index (χ0) is 12.7. The number of rotatable bonds is 6. The minimum Gasteiger partial charge on any atom is -0.375 e. The Balaban J connectivity index is 2.86. The minimum atomic E-state index is -0.267. The molecule has 1 aromatic carbocycles. The van der Waals surface area contributed by atoms with Gasteiger partial charge in [-0.15, -0.1) is 11.6 Å².